The SMILES string of the molecule is COC[C@H](C)C(=O)N1CCC[C@H]1[C@H]1CCCN1C. The predicted molar refractivity (Wildman–Crippen MR) is 71.4 cm³/mol. The molecular weight excluding hydrogens is 228 g/mol. The van der Waals surface area contributed by atoms with Gasteiger partial charge in [-0.3, -0.25) is 4.79 Å². The molecule has 0 saturated carbocycles. The van der Waals surface area contributed by atoms with E-state index in [1.165, 1.54) is 25.8 Å². The van der Waals surface area contributed by atoms with Gasteiger partial charge in [-0.2, -0.15) is 0 Å². The van der Waals surface area contributed by atoms with Crippen molar-refractivity contribution in [3.63, 3.8) is 0 Å². The van der Waals surface area contributed by atoms with Crippen molar-refractivity contribution < 1.29 is 9.53 Å². The molecule has 2 rings (SSSR count). The second-order valence-corrected chi connectivity index (χ2v) is 5.79. The summed E-state index contributed by atoms with van der Waals surface area (Å²) in [5.41, 5.74) is 0. The van der Waals surface area contributed by atoms with Gasteiger partial charge in [0.1, 0.15) is 0 Å². The number of methoxy groups -OCH3 is 1. The van der Waals surface area contributed by atoms with Crippen LogP contribution in [0.1, 0.15) is 32.6 Å². The summed E-state index contributed by atoms with van der Waals surface area (Å²) in [4.78, 5) is 17.0. The molecule has 0 bridgehead atoms. The lowest BCUT2D eigenvalue weighted by atomic mass is 10.0. The van der Waals surface area contributed by atoms with E-state index in [-0.39, 0.29) is 11.8 Å². The fraction of sp³-hybridized carbons (Fsp3) is 0.929. The van der Waals surface area contributed by atoms with Crippen LogP contribution in [0, 0.1) is 5.92 Å². The zero-order valence-corrected chi connectivity index (χ0v) is 11.9. The number of likely N-dealkylation sites (N-methyl/N-ethyl adjacent to an activating group) is 1. The average molecular weight is 254 g/mol. The number of carbonyl (C=O) groups is 1. The van der Waals surface area contributed by atoms with Crippen LogP contribution in [0.4, 0.5) is 0 Å². The molecule has 2 fully saturated rings. The first-order valence-corrected chi connectivity index (χ1v) is 7.14. The molecule has 1 amide bonds. The Labute approximate surface area is 110 Å². The van der Waals surface area contributed by atoms with Crippen LogP contribution in [0.15, 0.2) is 0 Å². The first-order valence-electron chi connectivity index (χ1n) is 7.14. The monoisotopic (exact) mass is 254 g/mol. The molecule has 0 radical (unpaired) electrons. The van der Waals surface area contributed by atoms with E-state index in [0.29, 0.717) is 18.7 Å². The number of hydrogen-bond donors (Lipinski definition) is 0. The summed E-state index contributed by atoms with van der Waals surface area (Å²) < 4.78 is 5.11. The van der Waals surface area contributed by atoms with Gasteiger partial charge in [-0.05, 0) is 39.3 Å². The second-order valence-electron chi connectivity index (χ2n) is 5.79. The molecule has 4 heteroatoms. The van der Waals surface area contributed by atoms with Gasteiger partial charge < -0.3 is 14.5 Å². The van der Waals surface area contributed by atoms with Crippen molar-refractivity contribution in [3.05, 3.63) is 0 Å². The molecule has 4 nitrogen and oxygen atoms in total. The van der Waals surface area contributed by atoms with Gasteiger partial charge in [0.15, 0.2) is 0 Å². The summed E-state index contributed by atoms with van der Waals surface area (Å²) in [6.45, 7) is 4.61. The van der Waals surface area contributed by atoms with Crippen molar-refractivity contribution >= 4 is 5.91 Å². The number of hydrogen-bond acceptors (Lipinski definition) is 3. The Kier molecular flexibility index (Phi) is 4.62. The average Bonchev–Trinajstić information content (AvgIpc) is 2.96. The van der Waals surface area contributed by atoms with Gasteiger partial charge in [0, 0.05) is 25.7 Å². The summed E-state index contributed by atoms with van der Waals surface area (Å²) in [5, 5.41) is 0. The molecule has 2 heterocycles. The number of nitrogens with zero attached hydrogens (tertiary/aromatic N) is 2. The van der Waals surface area contributed by atoms with E-state index in [1.54, 1.807) is 7.11 Å². The van der Waals surface area contributed by atoms with Crippen LogP contribution in [0.2, 0.25) is 0 Å². The Hall–Kier alpha value is -0.610. The van der Waals surface area contributed by atoms with Crippen LogP contribution in [-0.4, -0.2) is 61.6 Å². The molecule has 2 aliphatic rings. The van der Waals surface area contributed by atoms with Gasteiger partial charge in [-0.15, -0.1) is 0 Å². The largest absolute Gasteiger partial charge is 0.384 e. The Morgan fingerprint density at radius 2 is 1.94 bits per heavy atom. The van der Waals surface area contributed by atoms with E-state index in [0.717, 1.165) is 13.0 Å². The maximum absolute atomic E-state index is 12.4. The third-order valence-corrected chi connectivity index (χ3v) is 4.44. The van der Waals surface area contributed by atoms with Gasteiger partial charge in [0.25, 0.3) is 0 Å². The minimum Gasteiger partial charge on any atom is -0.384 e. The van der Waals surface area contributed by atoms with E-state index >= 15 is 0 Å². The minimum absolute atomic E-state index is 0.0118. The molecule has 0 aromatic carbocycles. The Balaban J connectivity index is 2.00. The summed E-state index contributed by atoms with van der Waals surface area (Å²) in [6.07, 6.45) is 4.83. The summed E-state index contributed by atoms with van der Waals surface area (Å²) in [5.74, 6) is 0.266. The number of rotatable bonds is 4. The first kappa shape index (κ1) is 13.8. The zero-order chi connectivity index (χ0) is 13.1. The molecule has 3 atom stereocenters. The smallest absolute Gasteiger partial charge is 0.228 e. The maximum Gasteiger partial charge on any atom is 0.228 e. The minimum atomic E-state index is -0.0118. The third-order valence-electron chi connectivity index (χ3n) is 4.44. The van der Waals surface area contributed by atoms with Crippen LogP contribution >= 0.6 is 0 Å². The fourth-order valence-electron chi connectivity index (χ4n) is 3.49. The number of amides is 1. The Morgan fingerprint density at radius 1 is 1.28 bits per heavy atom. The van der Waals surface area contributed by atoms with Crippen molar-refractivity contribution in [2.75, 3.05) is 33.9 Å². The molecule has 0 aromatic heterocycles. The van der Waals surface area contributed by atoms with Gasteiger partial charge in [0.05, 0.1) is 12.5 Å². The lowest BCUT2D eigenvalue weighted by molar-refractivity contribution is -0.138. The molecule has 0 N–H and O–H groups in total. The van der Waals surface area contributed by atoms with Crippen LogP contribution in [0.5, 0.6) is 0 Å². The van der Waals surface area contributed by atoms with Crippen molar-refractivity contribution in [3.8, 4) is 0 Å². The van der Waals surface area contributed by atoms with Gasteiger partial charge in [-0.25, -0.2) is 0 Å². The molecule has 104 valence electrons. The molecule has 18 heavy (non-hydrogen) atoms. The topological polar surface area (TPSA) is 32.8 Å². The second kappa shape index (κ2) is 6.02. The van der Waals surface area contributed by atoms with Gasteiger partial charge >= 0.3 is 0 Å². The fourth-order valence-corrected chi connectivity index (χ4v) is 3.49. The highest BCUT2D eigenvalue weighted by Gasteiger charge is 2.39. The molecule has 0 aliphatic carbocycles. The maximum atomic E-state index is 12.4. The van der Waals surface area contributed by atoms with Gasteiger partial charge in [0.2, 0.25) is 5.91 Å². The van der Waals surface area contributed by atoms with Crippen molar-refractivity contribution in [2.45, 2.75) is 44.7 Å². The lowest BCUT2D eigenvalue weighted by Gasteiger charge is -2.34. The quantitative estimate of drug-likeness (QED) is 0.759. The van der Waals surface area contributed by atoms with Crippen LogP contribution < -0.4 is 0 Å². The van der Waals surface area contributed by atoms with Crippen LogP contribution in [0.25, 0.3) is 0 Å². The summed E-state index contributed by atoms with van der Waals surface area (Å²) in [7, 11) is 3.85. The van der Waals surface area contributed by atoms with E-state index in [9.17, 15) is 4.79 Å². The Bertz CT molecular complexity index is 296. The highest BCUT2D eigenvalue weighted by Crippen LogP contribution is 2.29. The summed E-state index contributed by atoms with van der Waals surface area (Å²) in [6, 6.07) is 1.01. The highest BCUT2D eigenvalue weighted by molar-refractivity contribution is 5.79. The number of likely N-dealkylation sites (tertiary alicyclic amines) is 2. The van der Waals surface area contributed by atoms with Crippen molar-refractivity contribution in [1.29, 1.82) is 0 Å². The molecule has 2 saturated heterocycles. The van der Waals surface area contributed by atoms with Crippen LogP contribution in [-0.2, 0) is 9.53 Å². The Morgan fingerprint density at radius 3 is 2.56 bits per heavy atom. The van der Waals surface area contributed by atoms with E-state index in [2.05, 4.69) is 16.8 Å². The molecular formula is C14H26N2O2. The molecule has 0 aromatic rings. The van der Waals surface area contributed by atoms with Crippen LogP contribution in [0.3, 0.4) is 0 Å². The predicted octanol–water partition coefficient (Wildman–Crippen LogP) is 1.35. The van der Waals surface area contributed by atoms with Crippen molar-refractivity contribution in [2.24, 2.45) is 5.92 Å². The van der Waals surface area contributed by atoms with Crippen molar-refractivity contribution in [1.82, 2.24) is 9.80 Å². The highest BCUT2D eigenvalue weighted by atomic mass is 16.5. The number of ether oxygens (including phenoxy) is 1. The van der Waals surface area contributed by atoms with E-state index in [4.69, 9.17) is 4.74 Å². The third kappa shape index (κ3) is 2.69. The lowest BCUT2D eigenvalue weighted by Crippen LogP contribution is -2.49. The van der Waals surface area contributed by atoms with Gasteiger partial charge in [-0.1, -0.05) is 6.92 Å². The molecule has 0 spiro atoms. The van der Waals surface area contributed by atoms with E-state index < -0.39 is 0 Å². The normalized spacial score (nSPS) is 30.9. The number of carbonyl (C=O) groups excluding carboxylic acids is 1. The molecule has 0 unspecified atom stereocenters. The molecule has 2 aliphatic heterocycles. The summed E-state index contributed by atoms with van der Waals surface area (Å²) >= 11 is 0. The zero-order valence-electron chi connectivity index (χ0n) is 11.9. The van der Waals surface area contributed by atoms with E-state index in [1.807, 2.05) is 6.92 Å². The first-order chi connectivity index (χ1) is 8.65. The standard InChI is InChI=1S/C14H26N2O2/c1-11(10-18-3)14(17)16-9-5-7-13(16)12-6-4-8-15(12)2/h11-13H,4-10H2,1-3H3/t11-,12+,13-/m0/s1.